The van der Waals surface area contributed by atoms with E-state index in [1.54, 1.807) is 5.32 Å². The van der Waals surface area contributed by atoms with Gasteiger partial charge in [-0.1, -0.05) is 6.07 Å². The van der Waals surface area contributed by atoms with Crippen molar-refractivity contribution >= 4 is 45.8 Å². The SMILES string of the molecule is O=C(Nc1cccc(C(=O)Nc2c(I)cc(C(F)(C(F)(F)F)C(F)(F)F)cc2OC(F)(F)F)c1F)c1ccc(C(F)(F)F)nc1. The van der Waals surface area contributed by atoms with Gasteiger partial charge in [-0.2, -0.15) is 39.5 Å². The first kappa shape index (κ1) is 35.6. The normalized spacial score (nSPS) is 13.0. The number of hydrogen-bond donors (Lipinski definition) is 2. The molecule has 3 aromatic rings. The van der Waals surface area contributed by atoms with Gasteiger partial charge in [-0.15, -0.1) is 13.2 Å². The molecule has 0 aliphatic carbocycles. The van der Waals surface area contributed by atoms with E-state index in [1.807, 2.05) is 5.32 Å². The molecule has 21 heteroatoms. The number of nitrogens with one attached hydrogen (secondary N) is 2. The summed E-state index contributed by atoms with van der Waals surface area (Å²) in [5.41, 5.74) is -13.6. The lowest BCUT2D eigenvalue weighted by Gasteiger charge is -2.31. The molecule has 0 radical (unpaired) electrons. The number of hydrogen-bond acceptors (Lipinski definition) is 4. The second-order valence-electron chi connectivity index (χ2n) is 8.54. The number of pyridine rings is 1. The Bertz CT molecular complexity index is 1590. The molecule has 3 rings (SSSR count). The van der Waals surface area contributed by atoms with E-state index < -0.39 is 97.3 Å². The fourth-order valence-corrected chi connectivity index (χ4v) is 4.21. The molecule has 2 aromatic carbocycles. The minimum Gasteiger partial charge on any atom is -0.404 e. The number of ether oxygens (including phenoxy) is 1. The van der Waals surface area contributed by atoms with E-state index in [4.69, 9.17) is 0 Å². The lowest BCUT2D eigenvalue weighted by molar-refractivity contribution is -0.348. The summed E-state index contributed by atoms with van der Waals surface area (Å²) in [6.07, 6.45) is -23.6. The number of aromatic nitrogens is 1. The Morgan fingerprint density at radius 2 is 1.38 bits per heavy atom. The van der Waals surface area contributed by atoms with Crippen LogP contribution in [0, 0.1) is 9.39 Å². The third-order valence-corrected chi connectivity index (χ3v) is 6.36. The highest BCUT2D eigenvalue weighted by molar-refractivity contribution is 14.1. The lowest BCUT2D eigenvalue weighted by atomic mass is 9.93. The summed E-state index contributed by atoms with van der Waals surface area (Å²) in [6.45, 7) is 0. The number of halogens is 15. The van der Waals surface area contributed by atoms with Crippen LogP contribution in [0.4, 0.5) is 72.8 Å². The van der Waals surface area contributed by atoms with Crippen LogP contribution in [-0.2, 0) is 11.8 Å². The van der Waals surface area contributed by atoms with E-state index in [9.17, 15) is 66.7 Å². The van der Waals surface area contributed by atoms with Crippen LogP contribution in [0.5, 0.6) is 5.75 Å². The smallest absolute Gasteiger partial charge is 0.404 e. The van der Waals surface area contributed by atoms with E-state index >= 15 is 4.39 Å². The third kappa shape index (κ3) is 7.66. The Kier molecular flexibility index (Phi) is 9.57. The molecule has 0 saturated carbocycles. The zero-order valence-electron chi connectivity index (χ0n) is 21.0. The van der Waals surface area contributed by atoms with Gasteiger partial charge in [0.15, 0.2) is 11.6 Å². The number of nitrogens with zero attached hydrogens (tertiary/aromatic N) is 1. The second-order valence-corrected chi connectivity index (χ2v) is 9.70. The number of carbonyl (C=O) groups is 2. The maximum absolute atomic E-state index is 15.1. The monoisotopic (exact) mass is 781 g/mol. The Labute approximate surface area is 253 Å². The van der Waals surface area contributed by atoms with Crippen LogP contribution >= 0.6 is 22.6 Å². The molecular weight excluding hydrogens is 771 g/mol. The van der Waals surface area contributed by atoms with Crippen molar-refractivity contribution in [2.75, 3.05) is 10.6 Å². The van der Waals surface area contributed by atoms with Crippen LogP contribution in [0.2, 0.25) is 0 Å². The van der Waals surface area contributed by atoms with E-state index in [0.717, 1.165) is 34.7 Å². The summed E-state index contributed by atoms with van der Waals surface area (Å²) in [5, 5.41) is 3.53. The minimum atomic E-state index is -6.72. The second kappa shape index (κ2) is 12.1. The highest BCUT2D eigenvalue weighted by Crippen LogP contribution is 2.55. The van der Waals surface area contributed by atoms with Gasteiger partial charge in [-0.05, 0) is 59.0 Å². The van der Waals surface area contributed by atoms with Crippen LogP contribution in [0.25, 0.3) is 0 Å². The highest BCUT2D eigenvalue weighted by Gasteiger charge is 2.73. The standard InChI is InChI=1S/C24H10F14IN3O3/c25-16-11(2-1-3-13(16)41-18(43)9-4-5-15(40-8-9)21(27,28)29)19(44)42-17-12(39)6-10(7-14(17)45-24(36,37)38)20(26,22(30,31)32)23(33,34)35/h1-8H,(H,41,43)(H,42,44). The number of anilines is 2. The van der Waals surface area contributed by atoms with Gasteiger partial charge in [0.2, 0.25) is 0 Å². The van der Waals surface area contributed by atoms with Crippen molar-refractivity contribution < 1.29 is 75.8 Å². The topological polar surface area (TPSA) is 80.3 Å². The molecule has 0 aliphatic rings. The third-order valence-electron chi connectivity index (χ3n) is 5.50. The zero-order valence-corrected chi connectivity index (χ0v) is 23.1. The van der Waals surface area contributed by atoms with Gasteiger partial charge in [0.05, 0.1) is 22.5 Å². The number of carbonyl (C=O) groups excluding carboxylic acids is 2. The lowest BCUT2D eigenvalue weighted by Crippen LogP contribution is -2.50. The summed E-state index contributed by atoms with van der Waals surface area (Å²) in [5.74, 6) is -6.45. The fourth-order valence-electron chi connectivity index (χ4n) is 3.47. The molecule has 45 heavy (non-hydrogen) atoms. The van der Waals surface area contributed by atoms with Gasteiger partial charge >= 0.3 is 30.6 Å². The summed E-state index contributed by atoms with van der Waals surface area (Å²) in [6, 6.07) is 2.77. The van der Waals surface area contributed by atoms with Crippen molar-refractivity contribution in [3.8, 4) is 5.75 Å². The number of alkyl halides is 13. The van der Waals surface area contributed by atoms with Crippen LogP contribution in [0.1, 0.15) is 32.0 Å². The molecule has 2 amide bonds. The summed E-state index contributed by atoms with van der Waals surface area (Å²) < 4.78 is 188. The van der Waals surface area contributed by atoms with Gasteiger partial charge in [-0.25, -0.2) is 8.78 Å². The Balaban J connectivity index is 2.00. The van der Waals surface area contributed by atoms with Crippen molar-refractivity contribution in [1.29, 1.82) is 0 Å². The van der Waals surface area contributed by atoms with Gasteiger partial charge < -0.3 is 15.4 Å². The number of amides is 2. The first-order valence-corrected chi connectivity index (χ1v) is 12.3. The largest absolute Gasteiger partial charge is 0.573 e. The van der Waals surface area contributed by atoms with E-state index in [2.05, 4.69) is 9.72 Å². The van der Waals surface area contributed by atoms with Gasteiger partial charge in [-0.3, -0.25) is 14.6 Å². The summed E-state index contributed by atoms with van der Waals surface area (Å²) in [4.78, 5) is 28.2. The Hall–Kier alpha value is -3.92. The average molecular weight is 781 g/mol. The molecule has 0 saturated heterocycles. The Morgan fingerprint density at radius 3 is 1.87 bits per heavy atom. The zero-order chi connectivity index (χ0) is 34.3. The molecule has 0 bridgehead atoms. The molecule has 0 atom stereocenters. The van der Waals surface area contributed by atoms with Crippen molar-refractivity contribution in [2.45, 2.75) is 30.6 Å². The molecule has 6 nitrogen and oxygen atoms in total. The Morgan fingerprint density at radius 1 is 0.778 bits per heavy atom. The molecule has 0 spiro atoms. The molecule has 244 valence electrons. The first-order valence-electron chi connectivity index (χ1n) is 11.2. The van der Waals surface area contributed by atoms with Gasteiger partial charge in [0.1, 0.15) is 5.69 Å². The predicted octanol–water partition coefficient (Wildman–Crippen LogP) is 8.54. The van der Waals surface area contributed by atoms with Crippen LogP contribution in [0.15, 0.2) is 48.7 Å². The molecule has 1 aromatic heterocycles. The quantitative estimate of drug-likeness (QED) is 0.194. The fraction of sp³-hybridized carbons (Fsp3) is 0.208. The van der Waals surface area contributed by atoms with Crippen LogP contribution < -0.4 is 15.4 Å². The van der Waals surface area contributed by atoms with Crippen LogP contribution in [0.3, 0.4) is 0 Å². The minimum absolute atomic E-state index is 0.175. The van der Waals surface area contributed by atoms with E-state index in [1.165, 1.54) is 0 Å². The molecular formula is C24H10F14IN3O3. The molecule has 2 N–H and O–H groups in total. The highest BCUT2D eigenvalue weighted by atomic mass is 127. The van der Waals surface area contributed by atoms with Crippen molar-refractivity contribution in [3.63, 3.8) is 0 Å². The summed E-state index contributed by atoms with van der Waals surface area (Å²) in [7, 11) is 0. The van der Waals surface area contributed by atoms with E-state index in [0.29, 0.717) is 24.4 Å². The van der Waals surface area contributed by atoms with Gasteiger partial charge in [0.25, 0.3) is 11.8 Å². The number of rotatable bonds is 6. The van der Waals surface area contributed by atoms with Crippen molar-refractivity contribution in [2.24, 2.45) is 0 Å². The molecule has 0 aliphatic heterocycles. The first-order chi connectivity index (χ1) is 20.4. The number of benzene rings is 2. The molecule has 1 heterocycles. The summed E-state index contributed by atoms with van der Waals surface area (Å²) >= 11 is 0.867. The average Bonchev–Trinajstić information content (AvgIpc) is 2.88. The predicted molar refractivity (Wildman–Crippen MR) is 132 cm³/mol. The van der Waals surface area contributed by atoms with Gasteiger partial charge in [0, 0.05) is 15.3 Å². The molecule has 0 fully saturated rings. The molecule has 0 unspecified atom stereocenters. The maximum Gasteiger partial charge on any atom is 0.573 e. The van der Waals surface area contributed by atoms with Crippen molar-refractivity contribution in [3.05, 3.63) is 80.4 Å². The maximum atomic E-state index is 15.1. The van der Waals surface area contributed by atoms with Crippen molar-refractivity contribution in [1.82, 2.24) is 4.98 Å². The van der Waals surface area contributed by atoms with Crippen LogP contribution in [-0.4, -0.2) is 35.5 Å². The van der Waals surface area contributed by atoms with E-state index in [-0.39, 0.29) is 6.07 Å².